The number of halogens is 1. The van der Waals surface area contributed by atoms with E-state index in [0.717, 1.165) is 6.07 Å². The second-order valence-electron chi connectivity index (χ2n) is 5.10. The molecule has 0 spiro atoms. The van der Waals surface area contributed by atoms with Gasteiger partial charge in [-0.15, -0.1) is 0 Å². The first-order valence-electron chi connectivity index (χ1n) is 7.41. The summed E-state index contributed by atoms with van der Waals surface area (Å²) >= 11 is 5.92. The number of rotatable bonds is 7. The minimum Gasteiger partial charge on any atom is -0.496 e. The van der Waals surface area contributed by atoms with Crippen LogP contribution in [-0.2, 0) is 21.3 Å². The van der Waals surface area contributed by atoms with Crippen molar-refractivity contribution >= 4 is 27.6 Å². The third-order valence-electron chi connectivity index (χ3n) is 3.62. The molecule has 2 aromatic rings. The molecule has 0 unspecified atom stereocenters. The van der Waals surface area contributed by atoms with Crippen molar-refractivity contribution in [2.45, 2.75) is 11.4 Å². The predicted octanol–water partition coefficient (Wildman–Crippen LogP) is 2.62. The van der Waals surface area contributed by atoms with Crippen LogP contribution in [0, 0.1) is 0 Å². The Labute approximate surface area is 156 Å². The first-order valence-corrected chi connectivity index (χ1v) is 9.27. The molecule has 2 aromatic carbocycles. The third-order valence-corrected chi connectivity index (χ3v) is 5.35. The molecule has 0 aliphatic heterocycles. The van der Waals surface area contributed by atoms with Crippen LogP contribution in [0.3, 0.4) is 0 Å². The SMILES string of the molecule is COC(=O)c1cc(S(=O)(=O)NCc2c(OC)cccc2OC)ccc1Cl. The largest absolute Gasteiger partial charge is 0.496 e. The molecule has 140 valence electrons. The standard InChI is InChI=1S/C17H18ClNO6S/c1-23-15-5-4-6-16(24-2)13(15)10-19-26(21,22)11-7-8-14(18)12(9-11)17(20)25-3/h4-9,19H,10H2,1-3H3. The van der Waals surface area contributed by atoms with Gasteiger partial charge in [0, 0.05) is 6.54 Å². The van der Waals surface area contributed by atoms with E-state index >= 15 is 0 Å². The second kappa shape index (κ2) is 8.39. The van der Waals surface area contributed by atoms with E-state index in [4.69, 9.17) is 21.1 Å². The van der Waals surface area contributed by atoms with E-state index in [1.807, 2.05) is 0 Å². The smallest absolute Gasteiger partial charge is 0.339 e. The van der Waals surface area contributed by atoms with Crippen LogP contribution in [0.4, 0.5) is 0 Å². The van der Waals surface area contributed by atoms with Crippen molar-refractivity contribution in [3.8, 4) is 11.5 Å². The maximum atomic E-state index is 12.6. The average Bonchev–Trinajstić information content (AvgIpc) is 2.65. The first kappa shape index (κ1) is 20.0. The fourth-order valence-electron chi connectivity index (χ4n) is 2.29. The van der Waals surface area contributed by atoms with Crippen molar-refractivity contribution in [1.29, 1.82) is 0 Å². The lowest BCUT2D eigenvalue weighted by Gasteiger charge is -2.14. The quantitative estimate of drug-likeness (QED) is 0.720. The fraction of sp³-hybridized carbons (Fsp3) is 0.235. The molecule has 0 heterocycles. The molecular formula is C17H18ClNO6S. The predicted molar refractivity (Wildman–Crippen MR) is 96.4 cm³/mol. The van der Waals surface area contributed by atoms with Gasteiger partial charge in [0.2, 0.25) is 10.0 Å². The minimum atomic E-state index is -3.92. The number of esters is 1. The van der Waals surface area contributed by atoms with E-state index in [-0.39, 0.29) is 22.0 Å². The number of benzene rings is 2. The molecular weight excluding hydrogens is 382 g/mol. The number of nitrogens with one attached hydrogen (secondary N) is 1. The molecule has 0 aliphatic carbocycles. The summed E-state index contributed by atoms with van der Waals surface area (Å²) in [5.41, 5.74) is 0.509. The van der Waals surface area contributed by atoms with Crippen LogP contribution in [0.5, 0.6) is 11.5 Å². The molecule has 0 saturated carbocycles. The van der Waals surface area contributed by atoms with Crippen LogP contribution in [0.2, 0.25) is 5.02 Å². The van der Waals surface area contributed by atoms with Crippen molar-refractivity contribution in [3.63, 3.8) is 0 Å². The third kappa shape index (κ3) is 4.27. The van der Waals surface area contributed by atoms with Gasteiger partial charge in [0.15, 0.2) is 0 Å². The number of methoxy groups -OCH3 is 3. The highest BCUT2D eigenvalue weighted by atomic mass is 35.5. The molecule has 0 bridgehead atoms. The second-order valence-corrected chi connectivity index (χ2v) is 7.27. The molecule has 7 nitrogen and oxygen atoms in total. The zero-order valence-corrected chi connectivity index (χ0v) is 16.0. The average molecular weight is 400 g/mol. The van der Waals surface area contributed by atoms with Crippen LogP contribution in [-0.4, -0.2) is 35.7 Å². The molecule has 0 saturated heterocycles. The minimum absolute atomic E-state index is 0.0353. The Balaban J connectivity index is 2.32. The molecule has 1 N–H and O–H groups in total. The van der Waals surface area contributed by atoms with Gasteiger partial charge < -0.3 is 14.2 Å². The lowest BCUT2D eigenvalue weighted by molar-refractivity contribution is 0.0600. The fourth-order valence-corrected chi connectivity index (χ4v) is 3.51. The Kier molecular flexibility index (Phi) is 6.47. The molecule has 0 aliphatic rings. The van der Waals surface area contributed by atoms with Crippen molar-refractivity contribution in [1.82, 2.24) is 4.72 Å². The van der Waals surface area contributed by atoms with E-state index in [9.17, 15) is 13.2 Å². The molecule has 0 amide bonds. The molecule has 0 aromatic heterocycles. The summed E-state index contributed by atoms with van der Waals surface area (Å²) in [6.07, 6.45) is 0. The highest BCUT2D eigenvalue weighted by molar-refractivity contribution is 7.89. The first-order chi connectivity index (χ1) is 12.3. The van der Waals surface area contributed by atoms with Crippen LogP contribution in [0.25, 0.3) is 0 Å². The van der Waals surface area contributed by atoms with Crippen molar-refractivity contribution in [2.24, 2.45) is 0 Å². The van der Waals surface area contributed by atoms with Crippen molar-refractivity contribution in [2.75, 3.05) is 21.3 Å². The maximum Gasteiger partial charge on any atom is 0.339 e. The number of carbonyl (C=O) groups excluding carboxylic acids is 1. The van der Waals surface area contributed by atoms with E-state index in [1.165, 1.54) is 33.5 Å². The van der Waals surface area contributed by atoms with Gasteiger partial charge in [-0.3, -0.25) is 0 Å². The van der Waals surface area contributed by atoms with E-state index in [0.29, 0.717) is 17.1 Å². The van der Waals surface area contributed by atoms with Gasteiger partial charge in [-0.2, -0.15) is 0 Å². The lowest BCUT2D eigenvalue weighted by Crippen LogP contribution is -2.24. The van der Waals surface area contributed by atoms with Gasteiger partial charge in [-0.1, -0.05) is 17.7 Å². The summed E-state index contributed by atoms with van der Waals surface area (Å²) in [5, 5.41) is 0.0993. The zero-order chi connectivity index (χ0) is 19.3. The highest BCUT2D eigenvalue weighted by Crippen LogP contribution is 2.28. The van der Waals surface area contributed by atoms with Gasteiger partial charge in [0.25, 0.3) is 0 Å². The summed E-state index contributed by atoms with van der Waals surface area (Å²) in [7, 11) is 0.231. The van der Waals surface area contributed by atoms with Gasteiger partial charge in [0.1, 0.15) is 11.5 Å². The Bertz CT molecular complexity index is 891. The van der Waals surface area contributed by atoms with Gasteiger partial charge in [-0.25, -0.2) is 17.9 Å². The van der Waals surface area contributed by atoms with Gasteiger partial charge >= 0.3 is 5.97 Å². The number of ether oxygens (including phenoxy) is 3. The maximum absolute atomic E-state index is 12.6. The Morgan fingerprint density at radius 2 is 1.69 bits per heavy atom. The Morgan fingerprint density at radius 1 is 1.08 bits per heavy atom. The number of carbonyl (C=O) groups is 1. The highest BCUT2D eigenvalue weighted by Gasteiger charge is 2.20. The topological polar surface area (TPSA) is 90.9 Å². The lowest BCUT2D eigenvalue weighted by atomic mass is 10.2. The zero-order valence-electron chi connectivity index (χ0n) is 14.4. The van der Waals surface area contributed by atoms with E-state index < -0.39 is 16.0 Å². The van der Waals surface area contributed by atoms with E-state index in [2.05, 4.69) is 9.46 Å². The molecule has 2 rings (SSSR count). The van der Waals surface area contributed by atoms with Crippen LogP contribution >= 0.6 is 11.6 Å². The molecule has 26 heavy (non-hydrogen) atoms. The van der Waals surface area contributed by atoms with Crippen molar-refractivity contribution < 1.29 is 27.4 Å². The van der Waals surface area contributed by atoms with Crippen LogP contribution in [0.1, 0.15) is 15.9 Å². The van der Waals surface area contributed by atoms with Crippen LogP contribution < -0.4 is 14.2 Å². The van der Waals surface area contributed by atoms with Crippen molar-refractivity contribution in [3.05, 3.63) is 52.5 Å². The summed E-state index contributed by atoms with van der Waals surface area (Å²) < 4.78 is 42.7. The summed E-state index contributed by atoms with van der Waals surface area (Å²) in [6.45, 7) is -0.0638. The van der Waals surface area contributed by atoms with Crippen LogP contribution in [0.15, 0.2) is 41.3 Å². The molecule has 0 atom stereocenters. The molecule has 0 radical (unpaired) electrons. The molecule has 9 heteroatoms. The number of sulfonamides is 1. The van der Waals surface area contributed by atoms with E-state index in [1.54, 1.807) is 18.2 Å². The Hall–Kier alpha value is -2.29. The normalized spacial score (nSPS) is 11.1. The van der Waals surface area contributed by atoms with Gasteiger partial charge in [-0.05, 0) is 30.3 Å². The summed E-state index contributed by atoms with van der Waals surface area (Å²) in [5.74, 6) is 0.246. The van der Waals surface area contributed by atoms with Gasteiger partial charge in [0.05, 0.1) is 42.4 Å². The summed E-state index contributed by atoms with van der Waals surface area (Å²) in [4.78, 5) is 11.6. The Morgan fingerprint density at radius 3 is 2.23 bits per heavy atom. The monoisotopic (exact) mass is 399 g/mol. The number of hydrogen-bond donors (Lipinski definition) is 1. The molecule has 0 fully saturated rings. The number of hydrogen-bond acceptors (Lipinski definition) is 6. The summed E-state index contributed by atoms with van der Waals surface area (Å²) in [6, 6.07) is 8.92.